The summed E-state index contributed by atoms with van der Waals surface area (Å²) in [5.41, 5.74) is 5.60. The lowest BCUT2D eigenvalue weighted by Gasteiger charge is -2.29. The van der Waals surface area contributed by atoms with Gasteiger partial charge in [0, 0.05) is 18.4 Å². The molecular formula is C20H27ClN2O2. The van der Waals surface area contributed by atoms with E-state index < -0.39 is 0 Å². The summed E-state index contributed by atoms with van der Waals surface area (Å²) in [5.74, 6) is 1.48. The molecule has 0 bridgehead atoms. The third-order valence-corrected chi connectivity index (χ3v) is 4.88. The maximum absolute atomic E-state index is 12.2. The molecule has 2 aromatic rings. The first-order valence-electron chi connectivity index (χ1n) is 8.74. The molecule has 1 aliphatic rings. The summed E-state index contributed by atoms with van der Waals surface area (Å²) in [6, 6.07) is 14.2. The van der Waals surface area contributed by atoms with Gasteiger partial charge in [0.15, 0.2) is 0 Å². The lowest BCUT2D eigenvalue weighted by atomic mass is 9.95. The van der Waals surface area contributed by atoms with Crippen LogP contribution in [0.1, 0.15) is 32.6 Å². The number of carbonyl (C=O) groups excluding carboxylic acids is 1. The lowest BCUT2D eigenvalue weighted by Crippen LogP contribution is -2.53. The van der Waals surface area contributed by atoms with E-state index in [1.807, 2.05) is 24.3 Å². The fourth-order valence-corrected chi connectivity index (χ4v) is 3.16. The van der Waals surface area contributed by atoms with Gasteiger partial charge < -0.3 is 15.8 Å². The van der Waals surface area contributed by atoms with Crippen LogP contribution in [0.3, 0.4) is 0 Å². The number of carbonyl (C=O) groups is 1. The Morgan fingerprint density at radius 1 is 1.24 bits per heavy atom. The van der Waals surface area contributed by atoms with Crippen LogP contribution in [0.2, 0.25) is 0 Å². The average molecular weight is 363 g/mol. The van der Waals surface area contributed by atoms with Crippen molar-refractivity contribution < 1.29 is 9.53 Å². The average Bonchev–Trinajstić information content (AvgIpc) is 3.44. The SMILES string of the molecule is CC(CN)(NC(=O)CCCOc1cccc2ccccc12)C1CC1.Cl. The smallest absolute Gasteiger partial charge is 0.220 e. The number of halogens is 1. The molecule has 2 aromatic carbocycles. The molecule has 0 radical (unpaired) electrons. The van der Waals surface area contributed by atoms with Gasteiger partial charge in [-0.3, -0.25) is 4.79 Å². The Kier molecular flexibility index (Phi) is 6.68. The van der Waals surface area contributed by atoms with Gasteiger partial charge in [-0.15, -0.1) is 12.4 Å². The summed E-state index contributed by atoms with van der Waals surface area (Å²) < 4.78 is 5.88. The Morgan fingerprint density at radius 3 is 2.68 bits per heavy atom. The summed E-state index contributed by atoms with van der Waals surface area (Å²) in [6.07, 6.45) is 3.49. The minimum Gasteiger partial charge on any atom is -0.493 e. The molecular weight excluding hydrogens is 336 g/mol. The molecule has 1 unspecified atom stereocenters. The molecule has 1 fully saturated rings. The molecule has 5 heteroatoms. The van der Waals surface area contributed by atoms with Crippen molar-refractivity contribution in [1.29, 1.82) is 0 Å². The second-order valence-electron chi connectivity index (χ2n) is 6.87. The number of rotatable bonds is 8. The number of ether oxygens (including phenoxy) is 1. The van der Waals surface area contributed by atoms with Crippen LogP contribution < -0.4 is 15.8 Å². The first-order chi connectivity index (χ1) is 11.6. The van der Waals surface area contributed by atoms with Crippen LogP contribution in [0.25, 0.3) is 10.8 Å². The highest BCUT2D eigenvalue weighted by Crippen LogP contribution is 2.39. The van der Waals surface area contributed by atoms with E-state index >= 15 is 0 Å². The molecule has 3 rings (SSSR count). The van der Waals surface area contributed by atoms with Crippen LogP contribution in [-0.2, 0) is 4.79 Å². The van der Waals surface area contributed by atoms with Crippen molar-refractivity contribution in [2.75, 3.05) is 13.2 Å². The number of fused-ring (bicyclic) bond motifs is 1. The van der Waals surface area contributed by atoms with E-state index in [1.165, 1.54) is 0 Å². The van der Waals surface area contributed by atoms with Gasteiger partial charge in [0.25, 0.3) is 0 Å². The van der Waals surface area contributed by atoms with E-state index in [9.17, 15) is 4.79 Å². The maximum atomic E-state index is 12.2. The maximum Gasteiger partial charge on any atom is 0.220 e. The van der Waals surface area contributed by atoms with Crippen LogP contribution in [0, 0.1) is 5.92 Å². The number of benzene rings is 2. The molecule has 4 nitrogen and oxygen atoms in total. The zero-order valence-corrected chi connectivity index (χ0v) is 15.5. The molecule has 0 spiro atoms. The van der Waals surface area contributed by atoms with E-state index in [4.69, 9.17) is 10.5 Å². The molecule has 25 heavy (non-hydrogen) atoms. The molecule has 1 aliphatic carbocycles. The largest absolute Gasteiger partial charge is 0.493 e. The third kappa shape index (κ3) is 4.86. The predicted molar refractivity (Wildman–Crippen MR) is 104 cm³/mol. The molecule has 0 heterocycles. The highest BCUT2D eigenvalue weighted by atomic mass is 35.5. The summed E-state index contributed by atoms with van der Waals surface area (Å²) >= 11 is 0. The van der Waals surface area contributed by atoms with E-state index in [2.05, 4.69) is 30.4 Å². The van der Waals surface area contributed by atoms with Crippen molar-refractivity contribution >= 4 is 29.1 Å². The Hall–Kier alpha value is -1.78. The minimum atomic E-state index is -0.242. The molecule has 0 aliphatic heterocycles. The van der Waals surface area contributed by atoms with Crippen molar-refractivity contribution in [2.45, 2.75) is 38.1 Å². The van der Waals surface area contributed by atoms with Crippen LogP contribution in [0.5, 0.6) is 5.75 Å². The van der Waals surface area contributed by atoms with Gasteiger partial charge in [0.2, 0.25) is 5.91 Å². The Balaban J connectivity index is 0.00000225. The topological polar surface area (TPSA) is 64.3 Å². The third-order valence-electron chi connectivity index (χ3n) is 4.88. The van der Waals surface area contributed by atoms with Crippen LogP contribution in [-0.4, -0.2) is 24.6 Å². The number of nitrogens with one attached hydrogen (secondary N) is 1. The lowest BCUT2D eigenvalue weighted by molar-refractivity contribution is -0.123. The second kappa shape index (κ2) is 8.54. The zero-order chi connectivity index (χ0) is 17.0. The second-order valence-corrected chi connectivity index (χ2v) is 6.87. The van der Waals surface area contributed by atoms with Crippen molar-refractivity contribution in [3.8, 4) is 5.75 Å². The first kappa shape index (κ1) is 19.5. The van der Waals surface area contributed by atoms with Gasteiger partial charge in [-0.05, 0) is 43.6 Å². The molecule has 3 N–H and O–H groups in total. The number of hydrogen-bond donors (Lipinski definition) is 2. The fourth-order valence-electron chi connectivity index (χ4n) is 3.16. The number of amides is 1. The van der Waals surface area contributed by atoms with Crippen molar-refractivity contribution in [2.24, 2.45) is 11.7 Å². The monoisotopic (exact) mass is 362 g/mol. The van der Waals surface area contributed by atoms with Gasteiger partial charge in [-0.1, -0.05) is 36.4 Å². The van der Waals surface area contributed by atoms with Gasteiger partial charge in [-0.25, -0.2) is 0 Å². The predicted octanol–water partition coefficient (Wildman–Crippen LogP) is 3.66. The van der Waals surface area contributed by atoms with E-state index in [1.54, 1.807) is 0 Å². The highest BCUT2D eigenvalue weighted by molar-refractivity contribution is 5.88. The highest BCUT2D eigenvalue weighted by Gasteiger charge is 2.41. The number of hydrogen-bond acceptors (Lipinski definition) is 3. The summed E-state index contributed by atoms with van der Waals surface area (Å²) in [4.78, 5) is 12.2. The molecule has 1 amide bonds. The zero-order valence-electron chi connectivity index (χ0n) is 14.7. The Labute approximate surface area is 155 Å². The molecule has 1 atom stereocenters. The molecule has 0 aromatic heterocycles. The van der Waals surface area contributed by atoms with Crippen molar-refractivity contribution in [3.05, 3.63) is 42.5 Å². The van der Waals surface area contributed by atoms with E-state index in [0.29, 0.717) is 31.9 Å². The normalized spacial score (nSPS) is 15.9. The summed E-state index contributed by atoms with van der Waals surface area (Å²) in [5, 5.41) is 5.38. The van der Waals surface area contributed by atoms with Crippen LogP contribution >= 0.6 is 12.4 Å². The van der Waals surface area contributed by atoms with Crippen molar-refractivity contribution in [1.82, 2.24) is 5.32 Å². The fraction of sp³-hybridized carbons (Fsp3) is 0.450. The van der Waals surface area contributed by atoms with Gasteiger partial charge >= 0.3 is 0 Å². The van der Waals surface area contributed by atoms with Crippen molar-refractivity contribution in [3.63, 3.8) is 0 Å². The summed E-state index contributed by atoms with van der Waals surface area (Å²) in [6.45, 7) is 3.08. The molecule has 0 saturated heterocycles. The Morgan fingerprint density at radius 2 is 1.96 bits per heavy atom. The quantitative estimate of drug-likeness (QED) is 0.704. The Bertz CT molecular complexity index is 712. The standard InChI is InChI=1S/C20H26N2O2.ClH/c1-20(14-21,16-11-12-16)22-19(23)10-5-13-24-18-9-4-7-15-6-2-3-8-17(15)18;/h2-4,6-9,16H,5,10-14,21H2,1H3,(H,22,23);1H. The first-order valence-corrected chi connectivity index (χ1v) is 8.74. The molecule has 1 saturated carbocycles. The van der Waals surface area contributed by atoms with E-state index in [-0.39, 0.29) is 23.9 Å². The van der Waals surface area contributed by atoms with E-state index in [0.717, 1.165) is 29.4 Å². The number of nitrogens with two attached hydrogens (primary N) is 1. The minimum absolute atomic E-state index is 0. The van der Waals surface area contributed by atoms with Crippen LogP contribution in [0.15, 0.2) is 42.5 Å². The van der Waals surface area contributed by atoms with Gasteiger partial charge in [0.1, 0.15) is 5.75 Å². The van der Waals surface area contributed by atoms with Crippen LogP contribution in [0.4, 0.5) is 0 Å². The summed E-state index contributed by atoms with van der Waals surface area (Å²) in [7, 11) is 0. The van der Waals surface area contributed by atoms with Gasteiger partial charge in [-0.2, -0.15) is 0 Å². The molecule has 136 valence electrons. The van der Waals surface area contributed by atoms with Gasteiger partial charge in [0.05, 0.1) is 12.1 Å².